The predicted octanol–water partition coefficient (Wildman–Crippen LogP) is 9.55. The van der Waals surface area contributed by atoms with Crippen molar-refractivity contribution >= 4 is 17.3 Å². The van der Waals surface area contributed by atoms with Crippen LogP contribution in [0.1, 0.15) is 71.7 Å². The van der Waals surface area contributed by atoms with Crippen LogP contribution in [0, 0.1) is 20.8 Å². The zero-order valence-electron chi connectivity index (χ0n) is 22.8. The fourth-order valence-electron chi connectivity index (χ4n) is 4.46. The molecule has 1 N–H and O–H groups in total. The third kappa shape index (κ3) is 6.92. The van der Waals surface area contributed by atoms with Crippen molar-refractivity contribution in [1.29, 1.82) is 0 Å². The predicted molar refractivity (Wildman–Crippen MR) is 159 cm³/mol. The van der Waals surface area contributed by atoms with Crippen molar-refractivity contribution < 1.29 is 4.74 Å². The number of benzene rings is 4. The van der Waals surface area contributed by atoms with E-state index in [1.54, 1.807) is 0 Å². The van der Waals surface area contributed by atoms with E-state index in [9.17, 15) is 0 Å². The number of aryl methyl sites for hydroxylation is 3. The Labute approximate surface area is 223 Å². The number of anilines is 1. The van der Waals surface area contributed by atoms with Crippen LogP contribution in [0.25, 0.3) is 11.6 Å². The first-order valence-electron chi connectivity index (χ1n) is 13.4. The fourth-order valence-corrected chi connectivity index (χ4v) is 4.46. The second-order valence-corrected chi connectivity index (χ2v) is 9.87. The summed E-state index contributed by atoms with van der Waals surface area (Å²) in [7, 11) is 0. The van der Waals surface area contributed by atoms with Crippen molar-refractivity contribution in [2.24, 2.45) is 0 Å². The molecule has 0 saturated heterocycles. The Morgan fingerprint density at radius 3 is 2.05 bits per heavy atom. The quantitative estimate of drug-likeness (QED) is 0.224. The summed E-state index contributed by atoms with van der Waals surface area (Å²) in [5.74, 6) is 0.921. The second-order valence-electron chi connectivity index (χ2n) is 9.87. The van der Waals surface area contributed by atoms with Gasteiger partial charge in [0, 0.05) is 5.69 Å². The van der Waals surface area contributed by atoms with Crippen LogP contribution in [0.4, 0.5) is 5.69 Å². The van der Waals surface area contributed by atoms with Crippen molar-refractivity contribution in [3.05, 3.63) is 130 Å². The van der Waals surface area contributed by atoms with E-state index in [2.05, 4.69) is 125 Å². The van der Waals surface area contributed by atoms with E-state index in [1.807, 2.05) is 12.1 Å². The highest BCUT2D eigenvalue weighted by Crippen LogP contribution is 2.29. The molecule has 0 amide bonds. The van der Waals surface area contributed by atoms with E-state index >= 15 is 0 Å². The molecule has 0 bridgehead atoms. The Morgan fingerprint density at radius 2 is 1.43 bits per heavy atom. The molecule has 4 aromatic carbocycles. The van der Waals surface area contributed by atoms with E-state index in [0.29, 0.717) is 0 Å². The van der Waals surface area contributed by atoms with Crippen LogP contribution >= 0.6 is 0 Å². The molecule has 0 heterocycles. The van der Waals surface area contributed by atoms with Gasteiger partial charge < -0.3 is 10.1 Å². The molecule has 4 aromatic rings. The first kappa shape index (κ1) is 26.3. The lowest BCUT2D eigenvalue weighted by Crippen LogP contribution is -2.09. The molecule has 1 atom stereocenters. The SMILES string of the molecule is CCCOc1ccc(NC(CC)c2ccc(C=C(c3ccc(C)cc3)c3ccc(C)c(C)c3)cc2)cc1. The lowest BCUT2D eigenvalue weighted by Gasteiger charge is -2.19. The number of nitrogens with one attached hydrogen (secondary N) is 1. The van der Waals surface area contributed by atoms with Crippen LogP contribution in [-0.2, 0) is 0 Å². The second kappa shape index (κ2) is 12.5. The zero-order chi connectivity index (χ0) is 26.2. The van der Waals surface area contributed by atoms with Gasteiger partial charge in [-0.3, -0.25) is 0 Å². The van der Waals surface area contributed by atoms with Crippen LogP contribution in [0.5, 0.6) is 5.75 Å². The van der Waals surface area contributed by atoms with Gasteiger partial charge in [-0.1, -0.05) is 86.1 Å². The minimum absolute atomic E-state index is 0.247. The molecule has 0 spiro atoms. The summed E-state index contributed by atoms with van der Waals surface area (Å²) in [5, 5.41) is 3.69. The average molecular weight is 490 g/mol. The highest BCUT2D eigenvalue weighted by Gasteiger charge is 2.11. The first-order chi connectivity index (χ1) is 18.0. The van der Waals surface area contributed by atoms with Crippen molar-refractivity contribution in [2.75, 3.05) is 11.9 Å². The van der Waals surface area contributed by atoms with Gasteiger partial charge in [0.15, 0.2) is 0 Å². The first-order valence-corrected chi connectivity index (χ1v) is 13.4. The summed E-state index contributed by atoms with van der Waals surface area (Å²) in [5.41, 5.74) is 11.2. The molecule has 0 fully saturated rings. The lowest BCUT2D eigenvalue weighted by atomic mass is 9.92. The van der Waals surface area contributed by atoms with Crippen LogP contribution in [0.3, 0.4) is 0 Å². The Kier molecular flexibility index (Phi) is 8.85. The molecule has 2 heteroatoms. The number of hydrogen-bond acceptors (Lipinski definition) is 2. The van der Waals surface area contributed by atoms with Gasteiger partial charge in [-0.2, -0.15) is 0 Å². The number of hydrogen-bond donors (Lipinski definition) is 1. The van der Waals surface area contributed by atoms with Crippen molar-refractivity contribution in [3.63, 3.8) is 0 Å². The van der Waals surface area contributed by atoms with Crippen LogP contribution in [0.2, 0.25) is 0 Å². The van der Waals surface area contributed by atoms with Crippen LogP contribution in [0.15, 0.2) is 91.0 Å². The molecule has 190 valence electrons. The van der Waals surface area contributed by atoms with Gasteiger partial charge in [-0.25, -0.2) is 0 Å². The van der Waals surface area contributed by atoms with Crippen LogP contribution < -0.4 is 10.1 Å². The summed E-state index contributed by atoms with van der Waals surface area (Å²) in [4.78, 5) is 0. The Balaban J connectivity index is 1.58. The van der Waals surface area contributed by atoms with Gasteiger partial charge >= 0.3 is 0 Å². The van der Waals surface area contributed by atoms with Gasteiger partial charge in [-0.15, -0.1) is 0 Å². The highest BCUT2D eigenvalue weighted by atomic mass is 16.5. The minimum Gasteiger partial charge on any atom is -0.494 e. The standard InChI is InChI=1S/C35H39NO/c1-6-22-37-33-20-18-32(19-21-33)36-35(7-2)30-16-11-28(12-17-30)24-34(29-13-8-25(3)9-14-29)31-15-10-26(4)27(5)23-31/h8-21,23-24,35-36H,6-7,22H2,1-5H3. The van der Waals surface area contributed by atoms with E-state index in [0.717, 1.165) is 30.9 Å². The average Bonchev–Trinajstić information content (AvgIpc) is 2.92. The number of rotatable bonds is 10. The zero-order valence-corrected chi connectivity index (χ0v) is 22.8. The largest absolute Gasteiger partial charge is 0.494 e. The summed E-state index contributed by atoms with van der Waals surface area (Å²) in [6, 6.07) is 33.1. The van der Waals surface area contributed by atoms with Gasteiger partial charge in [0.05, 0.1) is 12.6 Å². The lowest BCUT2D eigenvalue weighted by molar-refractivity contribution is 0.317. The van der Waals surface area contributed by atoms with Gasteiger partial charge in [0.2, 0.25) is 0 Å². The van der Waals surface area contributed by atoms with Crippen molar-refractivity contribution in [2.45, 2.75) is 53.5 Å². The van der Waals surface area contributed by atoms with Crippen molar-refractivity contribution in [1.82, 2.24) is 0 Å². The van der Waals surface area contributed by atoms with Gasteiger partial charge in [0.25, 0.3) is 0 Å². The summed E-state index contributed by atoms with van der Waals surface area (Å²) in [6.07, 6.45) is 4.32. The molecular weight excluding hydrogens is 450 g/mol. The van der Waals surface area contributed by atoms with Crippen molar-refractivity contribution in [3.8, 4) is 5.75 Å². The van der Waals surface area contributed by atoms with Gasteiger partial charge in [-0.05, 0) is 103 Å². The van der Waals surface area contributed by atoms with Gasteiger partial charge in [0.1, 0.15) is 5.75 Å². The molecule has 2 nitrogen and oxygen atoms in total. The van der Waals surface area contributed by atoms with E-state index in [4.69, 9.17) is 4.74 Å². The molecule has 0 aliphatic carbocycles. The third-order valence-electron chi connectivity index (χ3n) is 6.91. The van der Waals surface area contributed by atoms with E-state index in [-0.39, 0.29) is 6.04 Å². The minimum atomic E-state index is 0.247. The molecule has 0 aliphatic heterocycles. The Bertz CT molecular complexity index is 1320. The molecule has 0 saturated carbocycles. The Hall–Kier alpha value is -3.78. The van der Waals surface area contributed by atoms with E-state index in [1.165, 1.54) is 44.5 Å². The fraction of sp³-hybridized carbons (Fsp3) is 0.257. The summed E-state index contributed by atoms with van der Waals surface area (Å²) >= 11 is 0. The monoisotopic (exact) mass is 489 g/mol. The smallest absolute Gasteiger partial charge is 0.119 e. The molecule has 0 aromatic heterocycles. The molecular formula is C35H39NO. The summed E-state index contributed by atoms with van der Waals surface area (Å²) < 4.78 is 5.72. The third-order valence-corrected chi connectivity index (χ3v) is 6.91. The molecule has 4 rings (SSSR count). The highest BCUT2D eigenvalue weighted by molar-refractivity contribution is 5.91. The normalized spacial score (nSPS) is 12.3. The molecule has 0 aliphatic rings. The maximum absolute atomic E-state index is 5.72. The topological polar surface area (TPSA) is 21.3 Å². The molecule has 37 heavy (non-hydrogen) atoms. The summed E-state index contributed by atoms with van der Waals surface area (Å²) in [6.45, 7) is 11.6. The van der Waals surface area contributed by atoms with Crippen LogP contribution in [-0.4, -0.2) is 6.61 Å². The van der Waals surface area contributed by atoms with E-state index < -0.39 is 0 Å². The molecule has 1 unspecified atom stereocenters. The maximum atomic E-state index is 5.72. The Morgan fingerprint density at radius 1 is 0.757 bits per heavy atom. The molecule has 0 radical (unpaired) electrons. The maximum Gasteiger partial charge on any atom is 0.119 e. The number of ether oxygens (including phenoxy) is 1.